The highest BCUT2D eigenvalue weighted by atomic mass is 35.5. The smallest absolute Gasteiger partial charge is 0.341 e. The quantitative estimate of drug-likeness (QED) is 0.427. The topological polar surface area (TPSA) is 84.6 Å². The summed E-state index contributed by atoms with van der Waals surface area (Å²) in [6, 6.07) is 15.6. The van der Waals surface area contributed by atoms with Gasteiger partial charge in [-0.25, -0.2) is 9.78 Å². The maximum Gasteiger partial charge on any atom is 0.341 e. The highest BCUT2D eigenvalue weighted by Crippen LogP contribution is 2.37. The van der Waals surface area contributed by atoms with Gasteiger partial charge in [-0.15, -0.1) is 0 Å². The zero-order valence-corrected chi connectivity index (χ0v) is 17.6. The standard InChI is InChI=1S/C24H21ClN2O4/c1-31-24(30)22-18(23(25)20(29)13-19(22)28)8-9-21-26-10-11-27(21)14-15-6-7-16-4-2-3-5-17(16)12-15/h2-7,10-13,28-29H,8-9,14H2,1H3. The predicted octanol–water partition coefficient (Wildman–Crippen LogP) is 4.72. The molecule has 7 heteroatoms. The number of hydrogen-bond acceptors (Lipinski definition) is 5. The number of phenolic OH excluding ortho intramolecular Hbond substituents is 2. The van der Waals surface area contributed by atoms with Gasteiger partial charge in [-0.05, 0) is 34.4 Å². The maximum atomic E-state index is 12.2. The van der Waals surface area contributed by atoms with Crippen LogP contribution < -0.4 is 0 Å². The van der Waals surface area contributed by atoms with E-state index in [2.05, 4.69) is 35.3 Å². The van der Waals surface area contributed by atoms with Gasteiger partial charge in [-0.3, -0.25) is 0 Å². The van der Waals surface area contributed by atoms with Crippen LogP contribution in [0.5, 0.6) is 11.5 Å². The molecule has 0 aliphatic heterocycles. The lowest BCUT2D eigenvalue weighted by Gasteiger charge is -2.14. The third-order valence-corrected chi connectivity index (χ3v) is 5.70. The summed E-state index contributed by atoms with van der Waals surface area (Å²) in [4.78, 5) is 16.6. The van der Waals surface area contributed by atoms with Crippen LogP contribution in [0.3, 0.4) is 0 Å². The number of aromatic nitrogens is 2. The summed E-state index contributed by atoms with van der Waals surface area (Å²) in [5.74, 6) is -0.582. The Hall–Kier alpha value is -3.51. The molecule has 31 heavy (non-hydrogen) atoms. The minimum absolute atomic E-state index is 0.0193. The second-order valence-corrected chi connectivity index (χ2v) is 7.60. The molecule has 0 saturated carbocycles. The molecular formula is C24H21ClN2O4. The van der Waals surface area contributed by atoms with Crippen LogP contribution in [0.2, 0.25) is 5.02 Å². The monoisotopic (exact) mass is 436 g/mol. The fraction of sp³-hybridized carbons (Fsp3) is 0.167. The highest BCUT2D eigenvalue weighted by Gasteiger charge is 2.23. The fourth-order valence-electron chi connectivity index (χ4n) is 3.73. The number of carbonyl (C=O) groups excluding carboxylic acids is 1. The molecule has 158 valence electrons. The summed E-state index contributed by atoms with van der Waals surface area (Å²) in [6.45, 7) is 0.642. The number of nitrogens with zero attached hydrogens (tertiary/aromatic N) is 2. The van der Waals surface area contributed by atoms with Crippen LogP contribution in [-0.4, -0.2) is 32.8 Å². The Morgan fingerprint density at radius 1 is 1.06 bits per heavy atom. The van der Waals surface area contributed by atoms with Gasteiger partial charge in [-0.1, -0.05) is 48.0 Å². The Kier molecular flexibility index (Phi) is 5.82. The Bertz CT molecular complexity index is 1270. The lowest BCUT2D eigenvalue weighted by molar-refractivity contribution is 0.0596. The van der Waals surface area contributed by atoms with E-state index in [1.54, 1.807) is 6.20 Å². The molecule has 0 spiro atoms. The van der Waals surface area contributed by atoms with Crippen molar-refractivity contribution in [1.29, 1.82) is 0 Å². The Labute approximate surface area is 184 Å². The van der Waals surface area contributed by atoms with E-state index in [1.807, 2.05) is 22.9 Å². The second-order valence-electron chi connectivity index (χ2n) is 7.23. The summed E-state index contributed by atoms with van der Waals surface area (Å²) in [7, 11) is 1.22. The number of methoxy groups -OCH3 is 1. The van der Waals surface area contributed by atoms with Crippen molar-refractivity contribution in [1.82, 2.24) is 9.55 Å². The van der Waals surface area contributed by atoms with Crippen LogP contribution in [0.15, 0.2) is 60.9 Å². The third-order valence-electron chi connectivity index (χ3n) is 5.28. The molecule has 3 aromatic carbocycles. The number of esters is 1. The van der Waals surface area contributed by atoms with Crippen LogP contribution in [0.25, 0.3) is 10.8 Å². The maximum absolute atomic E-state index is 12.2. The normalized spacial score (nSPS) is 11.0. The second kappa shape index (κ2) is 8.70. The molecule has 6 nitrogen and oxygen atoms in total. The molecule has 0 aliphatic rings. The van der Waals surface area contributed by atoms with E-state index in [4.69, 9.17) is 16.3 Å². The largest absolute Gasteiger partial charge is 0.507 e. The minimum atomic E-state index is -0.714. The molecule has 0 radical (unpaired) electrons. The number of imidazole rings is 1. The van der Waals surface area contributed by atoms with E-state index >= 15 is 0 Å². The number of fused-ring (bicyclic) bond motifs is 1. The van der Waals surface area contributed by atoms with Crippen molar-refractivity contribution < 1.29 is 19.7 Å². The number of phenols is 2. The van der Waals surface area contributed by atoms with Crippen molar-refractivity contribution in [3.8, 4) is 11.5 Å². The Balaban J connectivity index is 1.59. The zero-order chi connectivity index (χ0) is 22.0. The predicted molar refractivity (Wildman–Crippen MR) is 119 cm³/mol. The molecule has 0 bridgehead atoms. The van der Waals surface area contributed by atoms with Gasteiger partial charge in [0, 0.05) is 31.4 Å². The lowest BCUT2D eigenvalue weighted by Crippen LogP contribution is -2.10. The highest BCUT2D eigenvalue weighted by molar-refractivity contribution is 6.33. The molecule has 2 N–H and O–H groups in total. The number of rotatable bonds is 6. The van der Waals surface area contributed by atoms with Gasteiger partial charge in [0.25, 0.3) is 0 Å². The van der Waals surface area contributed by atoms with E-state index < -0.39 is 5.97 Å². The number of benzene rings is 3. The molecule has 0 atom stereocenters. The summed E-state index contributed by atoms with van der Waals surface area (Å²) < 4.78 is 6.79. The SMILES string of the molecule is COC(=O)c1c(O)cc(O)c(Cl)c1CCc1nccn1Cc1ccc2ccccc2c1. The first-order valence-corrected chi connectivity index (χ1v) is 10.1. The molecule has 4 aromatic rings. The van der Waals surface area contributed by atoms with E-state index in [9.17, 15) is 15.0 Å². The summed E-state index contributed by atoms with van der Waals surface area (Å²) in [5.41, 5.74) is 1.42. The summed E-state index contributed by atoms with van der Waals surface area (Å²) in [6.07, 6.45) is 4.36. The van der Waals surface area contributed by atoms with E-state index in [-0.39, 0.29) is 22.1 Å². The van der Waals surface area contributed by atoms with Gasteiger partial charge < -0.3 is 19.5 Å². The molecule has 1 heterocycles. The van der Waals surface area contributed by atoms with Crippen LogP contribution >= 0.6 is 11.6 Å². The fourth-order valence-corrected chi connectivity index (χ4v) is 3.97. The van der Waals surface area contributed by atoms with E-state index in [0.29, 0.717) is 24.9 Å². The van der Waals surface area contributed by atoms with Crippen molar-refractivity contribution in [2.45, 2.75) is 19.4 Å². The van der Waals surface area contributed by atoms with Gasteiger partial charge in [0.2, 0.25) is 0 Å². The number of hydrogen-bond donors (Lipinski definition) is 2. The summed E-state index contributed by atoms with van der Waals surface area (Å²) in [5, 5.41) is 22.5. The van der Waals surface area contributed by atoms with Crippen molar-refractivity contribution >= 4 is 28.3 Å². The van der Waals surface area contributed by atoms with Crippen molar-refractivity contribution in [2.75, 3.05) is 7.11 Å². The first-order valence-electron chi connectivity index (χ1n) is 9.77. The van der Waals surface area contributed by atoms with Gasteiger partial charge in [0.05, 0.1) is 12.1 Å². The van der Waals surface area contributed by atoms with E-state index in [0.717, 1.165) is 17.5 Å². The van der Waals surface area contributed by atoms with Crippen molar-refractivity contribution in [3.05, 3.63) is 88.5 Å². The minimum Gasteiger partial charge on any atom is -0.507 e. The molecule has 1 aromatic heterocycles. The molecular weight excluding hydrogens is 416 g/mol. The first kappa shape index (κ1) is 20.8. The molecule has 4 rings (SSSR count). The first-order chi connectivity index (χ1) is 15.0. The lowest BCUT2D eigenvalue weighted by atomic mass is 10.0. The molecule has 0 unspecified atom stereocenters. The molecule has 0 aliphatic carbocycles. The number of ether oxygens (including phenoxy) is 1. The van der Waals surface area contributed by atoms with Crippen molar-refractivity contribution in [3.63, 3.8) is 0 Å². The number of aryl methyl sites for hydroxylation is 1. The molecule has 0 fully saturated rings. The Morgan fingerprint density at radius 3 is 2.61 bits per heavy atom. The van der Waals surface area contributed by atoms with Gasteiger partial charge >= 0.3 is 5.97 Å². The van der Waals surface area contributed by atoms with Gasteiger partial charge in [0.1, 0.15) is 22.9 Å². The third kappa shape index (κ3) is 4.20. The molecule has 0 amide bonds. The van der Waals surface area contributed by atoms with Crippen LogP contribution in [0, 0.1) is 0 Å². The van der Waals surface area contributed by atoms with Gasteiger partial charge in [-0.2, -0.15) is 0 Å². The number of aromatic hydroxyl groups is 2. The average Bonchev–Trinajstić information content (AvgIpc) is 3.21. The van der Waals surface area contributed by atoms with E-state index in [1.165, 1.54) is 17.9 Å². The van der Waals surface area contributed by atoms with Crippen LogP contribution in [0.1, 0.15) is 27.3 Å². The molecule has 0 saturated heterocycles. The van der Waals surface area contributed by atoms with Crippen molar-refractivity contribution in [2.24, 2.45) is 0 Å². The van der Waals surface area contributed by atoms with Crippen LogP contribution in [0.4, 0.5) is 0 Å². The zero-order valence-electron chi connectivity index (χ0n) is 16.9. The number of carbonyl (C=O) groups is 1. The van der Waals surface area contributed by atoms with Crippen LogP contribution in [-0.2, 0) is 24.1 Å². The van der Waals surface area contributed by atoms with Gasteiger partial charge in [0.15, 0.2) is 0 Å². The number of halogens is 1. The average molecular weight is 437 g/mol. The Morgan fingerprint density at radius 2 is 1.84 bits per heavy atom. The summed E-state index contributed by atoms with van der Waals surface area (Å²) >= 11 is 6.24.